The van der Waals surface area contributed by atoms with Crippen LogP contribution < -0.4 is 5.32 Å². The first-order valence-electron chi connectivity index (χ1n) is 7.47. The summed E-state index contributed by atoms with van der Waals surface area (Å²) in [5.74, 6) is 0.661. The van der Waals surface area contributed by atoms with Gasteiger partial charge in [-0.3, -0.25) is 4.79 Å². The zero-order valence-electron chi connectivity index (χ0n) is 11.7. The summed E-state index contributed by atoms with van der Waals surface area (Å²) in [7, 11) is 0. The van der Waals surface area contributed by atoms with Crippen LogP contribution in [0.1, 0.15) is 29.9 Å². The van der Waals surface area contributed by atoms with E-state index in [9.17, 15) is 4.79 Å². The van der Waals surface area contributed by atoms with E-state index in [1.165, 1.54) is 11.1 Å². The molecule has 2 N–H and O–H groups in total. The molecule has 0 spiro atoms. The Kier molecular flexibility index (Phi) is 4.03. The maximum atomic E-state index is 12.7. The van der Waals surface area contributed by atoms with E-state index in [1.54, 1.807) is 0 Å². The summed E-state index contributed by atoms with van der Waals surface area (Å²) >= 11 is 0. The molecular weight excluding hydrogens is 252 g/mol. The number of rotatable bonds is 3. The summed E-state index contributed by atoms with van der Waals surface area (Å²) in [6, 6.07) is 8.23. The number of fused-ring (bicyclic) bond motifs is 1. The fraction of sp³-hybridized carbons (Fsp3) is 0.562. The molecule has 3 rings (SSSR count). The highest BCUT2D eigenvalue weighted by Crippen LogP contribution is 2.28. The second-order valence-corrected chi connectivity index (χ2v) is 5.83. The number of aliphatic hydroxyl groups is 1. The van der Waals surface area contributed by atoms with Crippen molar-refractivity contribution >= 4 is 5.91 Å². The molecule has 1 amide bonds. The summed E-state index contributed by atoms with van der Waals surface area (Å²) in [5, 5.41) is 12.4. The molecule has 20 heavy (non-hydrogen) atoms. The van der Waals surface area contributed by atoms with Crippen molar-refractivity contribution in [1.29, 1.82) is 0 Å². The van der Waals surface area contributed by atoms with E-state index >= 15 is 0 Å². The van der Waals surface area contributed by atoms with E-state index in [0.717, 1.165) is 39.0 Å². The molecule has 2 heterocycles. The molecule has 2 aliphatic rings. The highest BCUT2D eigenvalue weighted by molar-refractivity contribution is 5.85. The van der Waals surface area contributed by atoms with E-state index in [2.05, 4.69) is 17.4 Å². The van der Waals surface area contributed by atoms with E-state index in [-0.39, 0.29) is 18.4 Å². The Balaban J connectivity index is 1.73. The second kappa shape index (κ2) is 5.94. The quantitative estimate of drug-likeness (QED) is 0.868. The number of likely N-dealkylation sites (tertiary alicyclic amines) is 1. The Hall–Kier alpha value is -1.39. The van der Waals surface area contributed by atoms with Crippen molar-refractivity contribution < 1.29 is 9.90 Å². The molecule has 0 aromatic heterocycles. The third kappa shape index (κ3) is 2.58. The lowest BCUT2D eigenvalue weighted by atomic mass is 9.90. The van der Waals surface area contributed by atoms with Crippen LogP contribution in [0.25, 0.3) is 0 Å². The monoisotopic (exact) mass is 274 g/mol. The molecule has 2 unspecified atom stereocenters. The molecule has 1 aromatic carbocycles. The number of hydrogen-bond acceptors (Lipinski definition) is 3. The van der Waals surface area contributed by atoms with Gasteiger partial charge in [-0.25, -0.2) is 0 Å². The summed E-state index contributed by atoms with van der Waals surface area (Å²) < 4.78 is 0. The van der Waals surface area contributed by atoms with Crippen molar-refractivity contribution in [3.05, 3.63) is 35.4 Å². The summed E-state index contributed by atoms with van der Waals surface area (Å²) in [5.41, 5.74) is 2.42. The minimum atomic E-state index is -0.0483. The van der Waals surface area contributed by atoms with Crippen molar-refractivity contribution in [3.63, 3.8) is 0 Å². The molecule has 0 saturated carbocycles. The fourth-order valence-electron chi connectivity index (χ4n) is 3.39. The maximum absolute atomic E-state index is 12.7. The summed E-state index contributed by atoms with van der Waals surface area (Å²) in [4.78, 5) is 14.7. The second-order valence-electron chi connectivity index (χ2n) is 5.83. The van der Waals surface area contributed by atoms with Gasteiger partial charge in [-0.05, 0) is 29.9 Å². The van der Waals surface area contributed by atoms with Gasteiger partial charge in [0.25, 0.3) is 0 Å². The van der Waals surface area contributed by atoms with Gasteiger partial charge in [-0.15, -0.1) is 0 Å². The van der Waals surface area contributed by atoms with Gasteiger partial charge >= 0.3 is 0 Å². The van der Waals surface area contributed by atoms with E-state index in [1.807, 2.05) is 17.0 Å². The first kappa shape index (κ1) is 13.6. The van der Waals surface area contributed by atoms with Gasteiger partial charge in [0.1, 0.15) is 0 Å². The van der Waals surface area contributed by atoms with E-state index in [4.69, 9.17) is 5.11 Å². The summed E-state index contributed by atoms with van der Waals surface area (Å²) in [6.45, 7) is 3.45. The number of carbonyl (C=O) groups is 1. The number of nitrogens with one attached hydrogen (secondary N) is 1. The van der Waals surface area contributed by atoms with Crippen LogP contribution in [0.2, 0.25) is 0 Å². The molecule has 1 aromatic rings. The number of amides is 1. The zero-order chi connectivity index (χ0) is 13.9. The van der Waals surface area contributed by atoms with Crippen molar-refractivity contribution in [2.24, 2.45) is 5.92 Å². The molecule has 1 saturated heterocycles. The number of nitrogens with zero attached hydrogens (tertiary/aromatic N) is 1. The van der Waals surface area contributed by atoms with Crippen LogP contribution in [-0.2, 0) is 11.3 Å². The van der Waals surface area contributed by atoms with Gasteiger partial charge in [0.15, 0.2) is 0 Å². The fourth-order valence-corrected chi connectivity index (χ4v) is 3.39. The normalized spacial score (nSPS) is 25.6. The molecule has 2 atom stereocenters. The Morgan fingerprint density at radius 2 is 2.25 bits per heavy atom. The highest BCUT2D eigenvalue weighted by Gasteiger charge is 2.33. The maximum Gasteiger partial charge on any atom is 0.231 e. The number of aliphatic hydroxyl groups excluding tert-OH is 1. The van der Waals surface area contributed by atoms with Gasteiger partial charge in [0.05, 0.1) is 5.92 Å². The molecule has 0 bridgehead atoms. The van der Waals surface area contributed by atoms with Crippen LogP contribution in [0, 0.1) is 5.92 Å². The van der Waals surface area contributed by atoms with Crippen LogP contribution in [-0.4, -0.2) is 42.2 Å². The van der Waals surface area contributed by atoms with Gasteiger partial charge in [0, 0.05) is 32.8 Å². The first-order chi connectivity index (χ1) is 9.79. The average Bonchev–Trinajstić information content (AvgIpc) is 2.95. The van der Waals surface area contributed by atoms with Gasteiger partial charge in [-0.1, -0.05) is 24.3 Å². The largest absolute Gasteiger partial charge is 0.396 e. The van der Waals surface area contributed by atoms with Crippen LogP contribution in [0.15, 0.2) is 24.3 Å². The standard InChI is InChI=1S/C16H22N2O2/c19-8-6-12-5-7-18(11-12)16(20)15-10-17-9-13-3-1-2-4-14(13)15/h1-4,12,15,17,19H,5-11H2. The predicted octanol–water partition coefficient (Wildman–Crippen LogP) is 1.10. The average molecular weight is 274 g/mol. The van der Waals surface area contributed by atoms with Gasteiger partial charge in [-0.2, -0.15) is 0 Å². The minimum absolute atomic E-state index is 0.0483. The lowest BCUT2D eigenvalue weighted by Crippen LogP contribution is -2.40. The number of benzene rings is 1. The van der Waals surface area contributed by atoms with Crippen molar-refractivity contribution in [3.8, 4) is 0 Å². The molecule has 2 aliphatic heterocycles. The predicted molar refractivity (Wildman–Crippen MR) is 77.3 cm³/mol. The van der Waals surface area contributed by atoms with Gasteiger partial charge < -0.3 is 15.3 Å². The van der Waals surface area contributed by atoms with Crippen LogP contribution in [0.3, 0.4) is 0 Å². The molecule has 0 radical (unpaired) electrons. The van der Waals surface area contributed by atoms with Crippen LogP contribution in [0.5, 0.6) is 0 Å². The third-order valence-electron chi connectivity index (χ3n) is 4.53. The molecular formula is C16H22N2O2. The van der Waals surface area contributed by atoms with E-state index < -0.39 is 0 Å². The lowest BCUT2D eigenvalue weighted by Gasteiger charge is -2.29. The smallest absolute Gasteiger partial charge is 0.231 e. The number of carbonyl (C=O) groups excluding carboxylic acids is 1. The molecule has 108 valence electrons. The zero-order valence-corrected chi connectivity index (χ0v) is 11.7. The number of hydrogen-bond donors (Lipinski definition) is 2. The first-order valence-corrected chi connectivity index (χ1v) is 7.47. The molecule has 0 aliphatic carbocycles. The summed E-state index contributed by atoms with van der Waals surface area (Å²) in [6.07, 6.45) is 1.83. The molecule has 4 nitrogen and oxygen atoms in total. The van der Waals surface area contributed by atoms with E-state index in [0.29, 0.717) is 5.92 Å². The molecule has 1 fully saturated rings. The Bertz CT molecular complexity index is 489. The van der Waals surface area contributed by atoms with Crippen molar-refractivity contribution in [2.45, 2.75) is 25.3 Å². The SMILES string of the molecule is O=C(C1CNCc2ccccc21)N1CCC(CCO)C1. The molecule has 4 heteroatoms. The minimum Gasteiger partial charge on any atom is -0.396 e. The van der Waals surface area contributed by atoms with Gasteiger partial charge in [0.2, 0.25) is 5.91 Å². The highest BCUT2D eigenvalue weighted by atomic mass is 16.3. The Morgan fingerprint density at radius 3 is 3.10 bits per heavy atom. The van der Waals surface area contributed by atoms with Crippen LogP contribution in [0.4, 0.5) is 0 Å². The topological polar surface area (TPSA) is 52.6 Å². The third-order valence-corrected chi connectivity index (χ3v) is 4.53. The van der Waals surface area contributed by atoms with Crippen molar-refractivity contribution in [2.75, 3.05) is 26.2 Å². The lowest BCUT2D eigenvalue weighted by molar-refractivity contribution is -0.132. The Morgan fingerprint density at radius 1 is 1.40 bits per heavy atom. The Labute approximate surface area is 119 Å². The van der Waals surface area contributed by atoms with Crippen molar-refractivity contribution in [1.82, 2.24) is 10.2 Å². The van der Waals surface area contributed by atoms with Crippen LogP contribution >= 0.6 is 0 Å².